The van der Waals surface area contributed by atoms with E-state index in [9.17, 15) is 9.50 Å². The fourth-order valence-electron chi connectivity index (χ4n) is 8.80. The van der Waals surface area contributed by atoms with Crippen molar-refractivity contribution in [3.05, 3.63) is 53.3 Å². The number of phenols is 1. The third-order valence-electron chi connectivity index (χ3n) is 11.5. The van der Waals surface area contributed by atoms with Crippen molar-refractivity contribution in [2.45, 2.75) is 50.6 Å². The zero-order chi connectivity index (χ0) is 33.5. The molecule has 2 N–H and O–H groups in total. The number of anilines is 1. The number of piperazine rings is 1. The van der Waals surface area contributed by atoms with Crippen molar-refractivity contribution < 1.29 is 27.8 Å². The average molecular weight is 670 g/mol. The molecule has 3 unspecified atom stereocenters. The van der Waals surface area contributed by atoms with Crippen LogP contribution < -0.4 is 15.0 Å². The quantitative estimate of drug-likeness (QED) is 0.241. The SMILES string of the molecule is C#Cc1c(F)ccc2cc(O)cc(-c3c(F)cc4c(N5CC6CCC(C5)N6)nc(OCC5(CN6CCC7(CCOC7)C6)CC5)nc4c3F)c12. The Kier molecular flexibility index (Phi) is 7.24. The van der Waals surface area contributed by atoms with E-state index >= 15 is 8.78 Å². The summed E-state index contributed by atoms with van der Waals surface area (Å²) >= 11 is 0. The minimum atomic E-state index is -0.956. The summed E-state index contributed by atoms with van der Waals surface area (Å²) < 4.78 is 60.2. The van der Waals surface area contributed by atoms with Crippen molar-refractivity contribution in [1.82, 2.24) is 20.2 Å². The minimum absolute atomic E-state index is 0.0275. The van der Waals surface area contributed by atoms with Gasteiger partial charge in [-0.15, -0.1) is 6.42 Å². The van der Waals surface area contributed by atoms with Crippen LogP contribution in [0, 0.1) is 40.6 Å². The van der Waals surface area contributed by atoms with E-state index in [-0.39, 0.29) is 62.1 Å². The Balaban J connectivity index is 1.11. The Morgan fingerprint density at radius 3 is 2.59 bits per heavy atom. The molecule has 4 aliphatic heterocycles. The molecule has 5 aliphatic rings. The molecule has 11 heteroatoms. The molecule has 1 spiro atoms. The van der Waals surface area contributed by atoms with Crippen LogP contribution in [-0.4, -0.2) is 84.6 Å². The van der Waals surface area contributed by atoms with Crippen LogP contribution in [0.2, 0.25) is 0 Å². The molecule has 2 bridgehead atoms. The first-order valence-corrected chi connectivity index (χ1v) is 17.3. The molecular formula is C38H38F3N5O3. The number of aromatic nitrogens is 2. The Morgan fingerprint density at radius 2 is 1.86 bits per heavy atom. The summed E-state index contributed by atoms with van der Waals surface area (Å²) in [5.74, 6) is -0.0404. The molecule has 8 nitrogen and oxygen atoms in total. The second-order valence-corrected chi connectivity index (χ2v) is 15.0. The number of nitrogens with zero attached hydrogens (tertiary/aromatic N) is 4. The molecule has 5 fully saturated rings. The van der Waals surface area contributed by atoms with Crippen molar-refractivity contribution in [3.63, 3.8) is 0 Å². The molecule has 3 aromatic carbocycles. The molecule has 1 aliphatic carbocycles. The summed E-state index contributed by atoms with van der Waals surface area (Å²) in [5, 5.41) is 14.9. The highest BCUT2D eigenvalue weighted by molar-refractivity contribution is 6.04. The van der Waals surface area contributed by atoms with E-state index in [4.69, 9.17) is 20.9 Å². The molecular weight excluding hydrogens is 631 g/mol. The van der Waals surface area contributed by atoms with Crippen LogP contribution in [0.4, 0.5) is 19.0 Å². The van der Waals surface area contributed by atoms with Crippen molar-refractivity contribution in [1.29, 1.82) is 0 Å². The van der Waals surface area contributed by atoms with Crippen LogP contribution in [-0.2, 0) is 4.74 Å². The Morgan fingerprint density at radius 1 is 1.04 bits per heavy atom. The Hall–Kier alpha value is -4.11. The smallest absolute Gasteiger partial charge is 0.319 e. The zero-order valence-corrected chi connectivity index (χ0v) is 27.2. The summed E-state index contributed by atoms with van der Waals surface area (Å²) in [5.41, 5.74) is -0.521. The summed E-state index contributed by atoms with van der Waals surface area (Å²) in [6.07, 6.45) is 12.0. The number of fused-ring (bicyclic) bond motifs is 4. The lowest BCUT2D eigenvalue weighted by Gasteiger charge is -2.34. The summed E-state index contributed by atoms with van der Waals surface area (Å²) in [6.45, 7) is 6.33. The van der Waals surface area contributed by atoms with Crippen LogP contribution in [0.5, 0.6) is 11.8 Å². The first kappa shape index (κ1) is 30.9. The molecule has 0 radical (unpaired) electrons. The van der Waals surface area contributed by atoms with E-state index in [1.165, 1.54) is 30.3 Å². The van der Waals surface area contributed by atoms with Gasteiger partial charge >= 0.3 is 6.01 Å². The maximum atomic E-state index is 16.9. The number of likely N-dealkylation sites (tertiary alicyclic amines) is 1. The highest BCUT2D eigenvalue weighted by atomic mass is 19.1. The molecule has 0 amide bonds. The number of rotatable bonds is 7. The number of hydrogen-bond donors (Lipinski definition) is 2. The largest absolute Gasteiger partial charge is 0.508 e. The van der Waals surface area contributed by atoms with Crippen LogP contribution >= 0.6 is 0 Å². The van der Waals surface area contributed by atoms with Crippen LogP contribution in [0.25, 0.3) is 32.8 Å². The van der Waals surface area contributed by atoms with Gasteiger partial charge in [0.05, 0.1) is 24.3 Å². The molecule has 9 rings (SSSR count). The van der Waals surface area contributed by atoms with Gasteiger partial charge in [0.15, 0.2) is 5.82 Å². The molecule has 254 valence electrons. The predicted molar refractivity (Wildman–Crippen MR) is 180 cm³/mol. The van der Waals surface area contributed by atoms with Crippen molar-refractivity contribution in [3.8, 4) is 35.2 Å². The fraction of sp³-hybridized carbons (Fsp3) is 0.474. The van der Waals surface area contributed by atoms with E-state index in [0.29, 0.717) is 30.9 Å². The lowest BCUT2D eigenvalue weighted by Crippen LogP contribution is -2.51. The molecule has 4 aromatic rings. The van der Waals surface area contributed by atoms with Gasteiger partial charge in [-0.05, 0) is 74.7 Å². The standard InChI is InChI=1S/C38H38F3N5O3/c1-2-26-29(39)6-3-22-13-25(47)14-27(31(22)26)32-30(40)15-28-34(33(32)41)43-36(44-35(28)46-16-23-4-5-24(17-46)42-23)49-21-37(7-8-37)18-45-11-9-38(19-45)10-12-48-20-38/h1,3,6,13-15,23-24,42,47H,4-5,7-12,16-21H2. The third kappa shape index (κ3) is 5.36. The summed E-state index contributed by atoms with van der Waals surface area (Å²) in [6, 6.07) is 6.97. The van der Waals surface area contributed by atoms with Gasteiger partial charge in [0.1, 0.15) is 28.7 Å². The summed E-state index contributed by atoms with van der Waals surface area (Å²) in [4.78, 5) is 14.0. The zero-order valence-electron chi connectivity index (χ0n) is 27.2. The number of aromatic hydroxyl groups is 1. The first-order chi connectivity index (χ1) is 23.7. The van der Waals surface area contributed by atoms with Crippen molar-refractivity contribution in [2.24, 2.45) is 10.8 Å². The van der Waals surface area contributed by atoms with E-state index < -0.39 is 23.0 Å². The monoisotopic (exact) mass is 669 g/mol. The second kappa shape index (κ2) is 11.5. The maximum absolute atomic E-state index is 16.9. The molecule has 1 aromatic heterocycles. The number of benzene rings is 3. The van der Waals surface area contributed by atoms with Gasteiger partial charge in [0.25, 0.3) is 0 Å². The molecule has 3 atom stereocenters. The second-order valence-electron chi connectivity index (χ2n) is 15.0. The van der Waals surface area contributed by atoms with Crippen LogP contribution in [0.15, 0.2) is 30.3 Å². The lowest BCUT2D eigenvalue weighted by molar-refractivity contribution is 0.138. The molecule has 49 heavy (non-hydrogen) atoms. The van der Waals surface area contributed by atoms with E-state index in [0.717, 1.165) is 71.4 Å². The lowest BCUT2D eigenvalue weighted by atomic mass is 9.87. The molecule has 1 saturated carbocycles. The number of hydrogen-bond acceptors (Lipinski definition) is 8. The van der Waals surface area contributed by atoms with E-state index in [1.54, 1.807) is 0 Å². The minimum Gasteiger partial charge on any atom is -0.508 e. The van der Waals surface area contributed by atoms with E-state index in [1.807, 2.05) is 0 Å². The van der Waals surface area contributed by atoms with E-state index in [2.05, 4.69) is 26.0 Å². The first-order valence-electron chi connectivity index (χ1n) is 17.3. The predicted octanol–water partition coefficient (Wildman–Crippen LogP) is 5.77. The van der Waals surface area contributed by atoms with Gasteiger partial charge in [-0.1, -0.05) is 12.0 Å². The van der Waals surface area contributed by atoms with Crippen molar-refractivity contribution >= 4 is 27.5 Å². The number of nitrogens with one attached hydrogen (secondary N) is 1. The Bertz CT molecular complexity index is 2030. The van der Waals surface area contributed by atoms with Crippen molar-refractivity contribution in [2.75, 3.05) is 57.4 Å². The average Bonchev–Trinajstić information content (AvgIpc) is 3.34. The third-order valence-corrected chi connectivity index (χ3v) is 11.5. The number of halogens is 3. The van der Waals surface area contributed by atoms with Crippen LogP contribution in [0.1, 0.15) is 44.1 Å². The van der Waals surface area contributed by atoms with Gasteiger partial charge in [-0.3, -0.25) is 0 Å². The van der Waals surface area contributed by atoms with Gasteiger partial charge < -0.3 is 29.7 Å². The fourth-order valence-corrected chi connectivity index (χ4v) is 8.80. The van der Waals surface area contributed by atoms with Gasteiger partial charge in [-0.2, -0.15) is 9.97 Å². The molecule has 4 saturated heterocycles. The maximum Gasteiger partial charge on any atom is 0.319 e. The van der Waals surface area contributed by atoms with Gasteiger partial charge in [0, 0.05) is 72.0 Å². The highest BCUT2D eigenvalue weighted by Gasteiger charge is 2.49. The molecule has 5 heterocycles. The summed E-state index contributed by atoms with van der Waals surface area (Å²) in [7, 11) is 0. The highest BCUT2D eigenvalue weighted by Crippen LogP contribution is 2.49. The Labute approximate surface area is 282 Å². The topological polar surface area (TPSA) is 83.0 Å². The van der Waals surface area contributed by atoms with Crippen LogP contribution in [0.3, 0.4) is 0 Å². The van der Waals surface area contributed by atoms with Gasteiger partial charge in [-0.25, -0.2) is 13.2 Å². The number of phenolic OH excluding ortho intramolecular Hbond substituents is 1. The number of ether oxygens (including phenoxy) is 2. The normalized spacial score (nSPS) is 25.9. The number of terminal acetylenes is 1. The van der Waals surface area contributed by atoms with Gasteiger partial charge in [0.2, 0.25) is 0 Å².